The van der Waals surface area contributed by atoms with E-state index in [1.54, 1.807) is 6.07 Å². The summed E-state index contributed by atoms with van der Waals surface area (Å²) in [7, 11) is 0. The molecule has 0 spiro atoms. The first-order valence-electron chi connectivity index (χ1n) is 7.68. The molecule has 0 unspecified atom stereocenters. The molecule has 1 aliphatic heterocycles. The number of hydrogen-bond donors (Lipinski definition) is 1. The highest BCUT2D eigenvalue weighted by Crippen LogP contribution is 2.24. The molecule has 22 heavy (non-hydrogen) atoms. The maximum Gasteiger partial charge on any atom is 0.274 e. The van der Waals surface area contributed by atoms with Gasteiger partial charge in [0, 0.05) is 37.6 Å². The number of rotatable bonds is 2. The predicted molar refractivity (Wildman–Crippen MR) is 87.4 cm³/mol. The van der Waals surface area contributed by atoms with Crippen LogP contribution < -0.4 is 4.90 Å². The van der Waals surface area contributed by atoms with E-state index in [0.717, 1.165) is 31.9 Å². The van der Waals surface area contributed by atoms with Crippen LogP contribution in [-0.4, -0.2) is 47.2 Å². The van der Waals surface area contributed by atoms with Crippen molar-refractivity contribution in [2.45, 2.75) is 20.8 Å². The van der Waals surface area contributed by atoms with Gasteiger partial charge in [0.2, 0.25) is 0 Å². The fraction of sp³-hybridized carbons (Fsp3) is 0.412. The Kier molecular flexibility index (Phi) is 3.88. The van der Waals surface area contributed by atoms with Crippen LogP contribution in [0.25, 0.3) is 0 Å². The summed E-state index contributed by atoms with van der Waals surface area (Å²) in [5.41, 5.74) is 5.34. The number of H-pyrrole nitrogens is 1. The molecular formula is C17H22N4O. The predicted octanol–water partition coefficient (Wildman–Crippen LogP) is 2.30. The Balaban J connectivity index is 1.67. The molecule has 0 bridgehead atoms. The Morgan fingerprint density at radius 3 is 2.50 bits per heavy atom. The van der Waals surface area contributed by atoms with E-state index >= 15 is 0 Å². The van der Waals surface area contributed by atoms with Gasteiger partial charge in [0.1, 0.15) is 5.69 Å². The van der Waals surface area contributed by atoms with Crippen LogP contribution in [0.5, 0.6) is 0 Å². The third-order valence-corrected chi connectivity index (χ3v) is 4.41. The molecule has 2 aromatic rings. The van der Waals surface area contributed by atoms with E-state index in [4.69, 9.17) is 0 Å². The van der Waals surface area contributed by atoms with Crippen LogP contribution in [0.2, 0.25) is 0 Å². The molecule has 0 aliphatic carbocycles. The van der Waals surface area contributed by atoms with Crippen molar-refractivity contribution < 1.29 is 4.79 Å². The summed E-state index contributed by atoms with van der Waals surface area (Å²) in [5.74, 6) is 0.0185. The van der Waals surface area contributed by atoms with Gasteiger partial charge >= 0.3 is 0 Å². The lowest BCUT2D eigenvalue weighted by molar-refractivity contribution is 0.0741. The molecule has 1 aromatic heterocycles. The summed E-state index contributed by atoms with van der Waals surface area (Å²) in [4.78, 5) is 16.7. The zero-order valence-electron chi connectivity index (χ0n) is 13.4. The third-order valence-electron chi connectivity index (χ3n) is 4.41. The number of hydrogen-bond acceptors (Lipinski definition) is 3. The average Bonchev–Trinajstić information content (AvgIpc) is 2.96. The maximum atomic E-state index is 12.4. The number of nitrogens with one attached hydrogen (secondary N) is 1. The Bertz CT molecular complexity index is 684. The number of amides is 1. The number of aromatic nitrogens is 2. The minimum atomic E-state index is 0.0185. The highest BCUT2D eigenvalue weighted by atomic mass is 16.2. The lowest BCUT2D eigenvalue weighted by atomic mass is 10.1. The largest absolute Gasteiger partial charge is 0.368 e. The molecule has 1 saturated heterocycles. The van der Waals surface area contributed by atoms with E-state index in [9.17, 15) is 4.79 Å². The normalized spacial score (nSPS) is 15.2. The van der Waals surface area contributed by atoms with Crippen molar-refractivity contribution in [2.24, 2.45) is 0 Å². The zero-order valence-corrected chi connectivity index (χ0v) is 13.4. The van der Waals surface area contributed by atoms with Gasteiger partial charge in [0.25, 0.3) is 5.91 Å². The maximum absolute atomic E-state index is 12.4. The second kappa shape index (κ2) is 5.83. The number of aromatic amines is 1. The van der Waals surface area contributed by atoms with Gasteiger partial charge in [-0.25, -0.2) is 0 Å². The van der Waals surface area contributed by atoms with Crippen molar-refractivity contribution in [3.05, 3.63) is 46.8 Å². The SMILES string of the molecule is Cc1cc(C(=O)N2CCN(c3cccc(C)c3C)CC2)n[nH]1. The lowest BCUT2D eigenvalue weighted by Gasteiger charge is -2.36. The summed E-state index contributed by atoms with van der Waals surface area (Å²) in [6.07, 6.45) is 0. The Morgan fingerprint density at radius 2 is 1.86 bits per heavy atom. The van der Waals surface area contributed by atoms with Crippen LogP contribution in [-0.2, 0) is 0 Å². The van der Waals surface area contributed by atoms with Gasteiger partial charge in [-0.15, -0.1) is 0 Å². The first-order valence-corrected chi connectivity index (χ1v) is 7.68. The van der Waals surface area contributed by atoms with Gasteiger partial charge in [0.15, 0.2) is 0 Å². The monoisotopic (exact) mass is 298 g/mol. The number of carbonyl (C=O) groups is 1. The molecule has 1 amide bonds. The first-order chi connectivity index (χ1) is 10.6. The van der Waals surface area contributed by atoms with Crippen molar-refractivity contribution >= 4 is 11.6 Å². The van der Waals surface area contributed by atoms with E-state index in [-0.39, 0.29) is 5.91 Å². The van der Waals surface area contributed by atoms with E-state index in [0.29, 0.717) is 5.69 Å². The lowest BCUT2D eigenvalue weighted by Crippen LogP contribution is -2.49. The average molecular weight is 298 g/mol. The fourth-order valence-electron chi connectivity index (χ4n) is 2.92. The van der Waals surface area contributed by atoms with Gasteiger partial charge in [-0.1, -0.05) is 12.1 Å². The fourth-order valence-corrected chi connectivity index (χ4v) is 2.92. The van der Waals surface area contributed by atoms with Crippen LogP contribution in [0.4, 0.5) is 5.69 Å². The zero-order chi connectivity index (χ0) is 15.7. The van der Waals surface area contributed by atoms with Gasteiger partial charge in [0.05, 0.1) is 0 Å². The number of anilines is 1. The van der Waals surface area contributed by atoms with Gasteiger partial charge in [-0.3, -0.25) is 9.89 Å². The minimum Gasteiger partial charge on any atom is -0.368 e. The van der Waals surface area contributed by atoms with Crippen molar-refractivity contribution in [3.63, 3.8) is 0 Å². The summed E-state index contributed by atoms with van der Waals surface area (Å²) in [5, 5.41) is 6.89. The van der Waals surface area contributed by atoms with E-state index in [1.165, 1.54) is 16.8 Å². The highest BCUT2D eigenvalue weighted by Gasteiger charge is 2.24. The van der Waals surface area contributed by atoms with E-state index < -0.39 is 0 Å². The molecule has 1 aliphatic rings. The second-order valence-electron chi connectivity index (χ2n) is 5.93. The Labute approximate surface area is 130 Å². The molecule has 1 aromatic carbocycles. The van der Waals surface area contributed by atoms with Crippen molar-refractivity contribution in [3.8, 4) is 0 Å². The third kappa shape index (κ3) is 2.71. The second-order valence-corrected chi connectivity index (χ2v) is 5.93. The van der Waals surface area contributed by atoms with E-state index in [1.807, 2.05) is 11.8 Å². The van der Waals surface area contributed by atoms with Gasteiger partial charge < -0.3 is 9.80 Å². The van der Waals surface area contributed by atoms with Crippen LogP contribution in [0.3, 0.4) is 0 Å². The summed E-state index contributed by atoms with van der Waals surface area (Å²) in [6, 6.07) is 8.20. The highest BCUT2D eigenvalue weighted by molar-refractivity contribution is 5.92. The van der Waals surface area contributed by atoms with Gasteiger partial charge in [-0.2, -0.15) is 5.10 Å². The summed E-state index contributed by atoms with van der Waals surface area (Å²) < 4.78 is 0. The van der Waals surface area contributed by atoms with Crippen molar-refractivity contribution in [1.82, 2.24) is 15.1 Å². The molecule has 116 valence electrons. The van der Waals surface area contributed by atoms with Gasteiger partial charge in [-0.05, 0) is 44.0 Å². The minimum absolute atomic E-state index is 0.0185. The molecule has 5 heteroatoms. The molecule has 5 nitrogen and oxygen atoms in total. The Morgan fingerprint density at radius 1 is 1.14 bits per heavy atom. The topological polar surface area (TPSA) is 52.2 Å². The number of aryl methyl sites for hydroxylation is 2. The molecule has 0 atom stereocenters. The molecule has 2 heterocycles. The molecule has 1 fully saturated rings. The quantitative estimate of drug-likeness (QED) is 0.925. The molecule has 3 rings (SSSR count). The molecule has 0 radical (unpaired) electrons. The number of piperazine rings is 1. The number of carbonyl (C=O) groups excluding carboxylic acids is 1. The van der Waals surface area contributed by atoms with Crippen LogP contribution in [0.1, 0.15) is 27.3 Å². The molecule has 1 N–H and O–H groups in total. The molecule has 0 saturated carbocycles. The molecular weight excluding hydrogens is 276 g/mol. The smallest absolute Gasteiger partial charge is 0.274 e. The van der Waals surface area contributed by atoms with Crippen LogP contribution >= 0.6 is 0 Å². The summed E-state index contributed by atoms with van der Waals surface area (Å²) >= 11 is 0. The standard InChI is InChI=1S/C17H22N4O/c1-12-5-4-6-16(14(12)3)20-7-9-21(10-8-20)17(22)15-11-13(2)18-19-15/h4-6,11H,7-10H2,1-3H3,(H,18,19). The van der Waals surface area contributed by atoms with Crippen LogP contribution in [0, 0.1) is 20.8 Å². The van der Waals surface area contributed by atoms with Crippen molar-refractivity contribution in [2.75, 3.05) is 31.1 Å². The first kappa shape index (κ1) is 14.6. The number of nitrogens with zero attached hydrogens (tertiary/aromatic N) is 3. The Hall–Kier alpha value is -2.30. The van der Waals surface area contributed by atoms with Crippen LogP contribution in [0.15, 0.2) is 24.3 Å². The van der Waals surface area contributed by atoms with Crippen molar-refractivity contribution in [1.29, 1.82) is 0 Å². The number of benzene rings is 1. The van der Waals surface area contributed by atoms with E-state index in [2.05, 4.69) is 47.1 Å². The summed E-state index contributed by atoms with van der Waals surface area (Å²) in [6.45, 7) is 9.39.